The lowest BCUT2D eigenvalue weighted by Crippen LogP contribution is -2.13. The van der Waals surface area contributed by atoms with E-state index >= 15 is 0 Å². The van der Waals surface area contributed by atoms with Crippen LogP contribution >= 0.6 is 11.8 Å². The van der Waals surface area contributed by atoms with Gasteiger partial charge in [0.25, 0.3) is 0 Å². The third-order valence-corrected chi connectivity index (χ3v) is 4.91. The number of nitrogens with one attached hydrogen (secondary N) is 1. The first-order valence-corrected chi connectivity index (χ1v) is 9.29. The average Bonchev–Trinajstić information content (AvgIpc) is 2.58. The number of thioether (sulfide) groups is 1. The normalized spacial score (nSPS) is 10.4. The summed E-state index contributed by atoms with van der Waals surface area (Å²) < 4.78 is 5.12. The van der Waals surface area contributed by atoms with Crippen LogP contribution in [0.3, 0.4) is 0 Å². The molecule has 0 saturated heterocycles. The number of rotatable bonds is 8. The fourth-order valence-corrected chi connectivity index (χ4v) is 3.24. The predicted molar refractivity (Wildman–Crippen MR) is 104 cm³/mol. The Morgan fingerprint density at radius 3 is 2.46 bits per heavy atom. The van der Waals surface area contributed by atoms with Crippen molar-refractivity contribution in [3.05, 3.63) is 53.1 Å². The van der Waals surface area contributed by atoms with Crippen LogP contribution in [0, 0.1) is 20.8 Å². The standard InChI is InChI=1S/C20H23NO4S/c1-13-4-6-17(11-14(13)2)26-9-8-19(22)21-18-7-5-16(10-15(18)3)25-12-20(23)24/h4-7,10-11H,8-9,12H2,1-3H3,(H,21,22)(H,23,24). The Kier molecular flexibility index (Phi) is 7.09. The molecule has 2 aromatic carbocycles. The van der Waals surface area contributed by atoms with Gasteiger partial charge in [0.15, 0.2) is 6.61 Å². The molecule has 2 N–H and O–H groups in total. The van der Waals surface area contributed by atoms with Crippen molar-refractivity contribution >= 4 is 29.3 Å². The van der Waals surface area contributed by atoms with Crippen molar-refractivity contribution < 1.29 is 19.4 Å². The van der Waals surface area contributed by atoms with E-state index < -0.39 is 5.97 Å². The molecule has 1 amide bonds. The van der Waals surface area contributed by atoms with Gasteiger partial charge in [0, 0.05) is 22.8 Å². The van der Waals surface area contributed by atoms with E-state index in [0.717, 1.165) is 10.5 Å². The highest BCUT2D eigenvalue weighted by Crippen LogP contribution is 2.23. The molecule has 0 fully saturated rings. The van der Waals surface area contributed by atoms with E-state index in [1.165, 1.54) is 11.1 Å². The zero-order valence-corrected chi connectivity index (χ0v) is 16.0. The first kappa shape index (κ1) is 19.8. The van der Waals surface area contributed by atoms with Crippen LogP contribution in [-0.4, -0.2) is 29.3 Å². The third kappa shape index (κ3) is 6.11. The van der Waals surface area contributed by atoms with Crippen LogP contribution in [0.2, 0.25) is 0 Å². The molecule has 138 valence electrons. The summed E-state index contributed by atoms with van der Waals surface area (Å²) in [6.45, 7) is 5.62. The molecule has 6 heteroatoms. The van der Waals surface area contributed by atoms with E-state index in [4.69, 9.17) is 9.84 Å². The summed E-state index contributed by atoms with van der Waals surface area (Å²) in [4.78, 5) is 23.8. The molecule has 0 radical (unpaired) electrons. The largest absolute Gasteiger partial charge is 0.482 e. The molecule has 0 aromatic heterocycles. The van der Waals surface area contributed by atoms with Crippen LogP contribution in [0.4, 0.5) is 5.69 Å². The van der Waals surface area contributed by atoms with Crippen LogP contribution in [0.25, 0.3) is 0 Å². The van der Waals surface area contributed by atoms with Crippen molar-refractivity contribution in [1.82, 2.24) is 0 Å². The maximum absolute atomic E-state index is 12.1. The number of aryl methyl sites for hydroxylation is 3. The summed E-state index contributed by atoms with van der Waals surface area (Å²) in [5.74, 6) is 0.0887. The molecule has 0 aliphatic heterocycles. The fourth-order valence-electron chi connectivity index (χ4n) is 2.29. The zero-order chi connectivity index (χ0) is 19.1. The Bertz CT molecular complexity index is 804. The molecule has 0 saturated carbocycles. The quantitative estimate of drug-likeness (QED) is 0.679. The molecule has 0 unspecified atom stereocenters. The van der Waals surface area contributed by atoms with Gasteiger partial charge in [0.2, 0.25) is 5.91 Å². The summed E-state index contributed by atoms with van der Waals surface area (Å²) >= 11 is 1.66. The van der Waals surface area contributed by atoms with E-state index in [9.17, 15) is 9.59 Å². The van der Waals surface area contributed by atoms with Crippen LogP contribution < -0.4 is 10.1 Å². The average molecular weight is 373 g/mol. The number of aliphatic carboxylic acids is 1. The van der Waals surface area contributed by atoms with Crippen molar-refractivity contribution in [3.63, 3.8) is 0 Å². The predicted octanol–water partition coefficient (Wildman–Crippen LogP) is 4.20. The highest BCUT2D eigenvalue weighted by Gasteiger charge is 2.07. The zero-order valence-electron chi connectivity index (χ0n) is 15.2. The maximum atomic E-state index is 12.1. The molecular formula is C20H23NO4S. The summed E-state index contributed by atoms with van der Waals surface area (Å²) in [6, 6.07) is 11.4. The van der Waals surface area contributed by atoms with Gasteiger partial charge in [-0.2, -0.15) is 0 Å². The van der Waals surface area contributed by atoms with E-state index in [2.05, 4.69) is 37.4 Å². The molecule has 0 heterocycles. The number of hydrogen-bond donors (Lipinski definition) is 2. The number of ether oxygens (including phenoxy) is 1. The minimum atomic E-state index is -1.03. The summed E-state index contributed by atoms with van der Waals surface area (Å²) in [5.41, 5.74) is 4.04. The lowest BCUT2D eigenvalue weighted by atomic mass is 10.1. The molecule has 0 aliphatic carbocycles. The van der Waals surface area contributed by atoms with Gasteiger partial charge in [-0.05, 0) is 67.8 Å². The minimum absolute atomic E-state index is 0.0522. The molecule has 0 atom stereocenters. The van der Waals surface area contributed by atoms with Gasteiger partial charge < -0.3 is 15.2 Å². The van der Waals surface area contributed by atoms with Crippen molar-refractivity contribution in [3.8, 4) is 5.75 Å². The molecule has 0 aliphatic rings. The highest BCUT2D eigenvalue weighted by atomic mass is 32.2. The second kappa shape index (κ2) is 9.29. The first-order valence-electron chi connectivity index (χ1n) is 8.30. The van der Waals surface area contributed by atoms with Crippen LogP contribution in [0.1, 0.15) is 23.1 Å². The summed E-state index contributed by atoms with van der Waals surface area (Å²) in [6.07, 6.45) is 0.411. The Labute approximate surface area is 157 Å². The lowest BCUT2D eigenvalue weighted by Gasteiger charge is -2.11. The van der Waals surface area contributed by atoms with E-state index in [1.807, 2.05) is 6.92 Å². The van der Waals surface area contributed by atoms with Gasteiger partial charge in [-0.1, -0.05) is 6.07 Å². The Morgan fingerprint density at radius 2 is 1.81 bits per heavy atom. The van der Waals surface area contributed by atoms with E-state index in [1.54, 1.807) is 30.0 Å². The van der Waals surface area contributed by atoms with Crippen molar-refractivity contribution in [1.29, 1.82) is 0 Å². The van der Waals surface area contributed by atoms with Crippen LogP contribution in [0.15, 0.2) is 41.3 Å². The fraction of sp³-hybridized carbons (Fsp3) is 0.300. The monoisotopic (exact) mass is 373 g/mol. The molecule has 5 nitrogen and oxygen atoms in total. The number of carbonyl (C=O) groups excluding carboxylic acids is 1. The van der Waals surface area contributed by atoms with Gasteiger partial charge in [-0.3, -0.25) is 4.79 Å². The van der Waals surface area contributed by atoms with Gasteiger partial charge >= 0.3 is 5.97 Å². The molecule has 26 heavy (non-hydrogen) atoms. The topological polar surface area (TPSA) is 75.6 Å². The lowest BCUT2D eigenvalue weighted by molar-refractivity contribution is -0.139. The molecule has 2 rings (SSSR count). The number of carboxylic acids is 1. The second-order valence-electron chi connectivity index (χ2n) is 6.05. The summed E-state index contributed by atoms with van der Waals surface area (Å²) in [7, 11) is 0. The number of hydrogen-bond acceptors (Lipinski definition) is 4. The number of carboxylic acid groups (broad SMARTS) is 1. The van der Waals surface area contributed by atoms with Crippen LogP contribution in [-0.2, 0) is 9.59 Å². The highest BCUT2D eigenvalue weighted by molar-refractivity contribution is 7.99. The Morgan fingerprint density at radius 1 is 1.04 bits per heavy atom. The number of benzene rings is 2. The Hall–Kier alpha value is -2.47. The van der Waals surface area contributed by atoms with Crippen molar-refractivity contribution in [2.24, 2.45) is 0 Å². The van der Waals surface area contributed by atoms with E-state index in [0.29, 0.717) is 23.6 Å². The molecule has 2 aromatic rings. The first-order chi connectivity index (χ1) is 12.3. The molecular weight excluding hydrogens is 350 g/mol. The van der Waals surface area contributed by atoms with Crippen LogP contribution in [0.5, 0.6) is 5.75 Å². The Balaban J connectivity index is 1.83. The molecule has 0 spiro atoms. The van der Waals surface area contributed by atoms with Gasteiger partial charge in [0.1, 0.15) is 5.75 Å². The number of carbonyl (C=O) groups is 2. The van der Waals surface area contributed by atoms with Crippen molar-refractivity contribution in [2.45, 2.75) is 32.1 Å². The van der Waals surface area contributed by atoms with Gasteiger partial charge in [-0.15, -0.1) is 11.8 Å². The van der Waals surface area contributed by atoms with Gasteiger partial charge in [0.05, 0.1) is 0 Å². The molecule has 0 bridgehead atoms. The third-order valence-electron chi connectivity index (χ3n) is 3.91. The minimum Gasteiger partial charge on any atom is -0.482 e. The van der Waals surface area contributed by atoms with E-state index in [-0.39, 0.29) is 12.5 Å². The van der Waals surface area contributed by atoms with Gasteiger partial charge in [-0.25, -0.2) is 4.79 Å². The maximum Gasteiger partial charge on any atom is 0.341 e. The smallest absolute Gasteiger partial charge is 0.341 e. The number of amides is 1. The summed E-state index contributed by atoms with van der Waals surface area (Å²) in [5, 5.41) is 11.5. The van der Waals surface area contributed by atoms with Crippen molar-refractivity contribution in [2.75, 3.05) is 17.7 Å². The number of anilines is 1. The second-order valence-corrected chi connectivity index (χ2v) is 7.22. The SMILES string of the molecule is Cc1ccc(SCCC(=O)Nc2ccc(OCC(=O)O)cc2C)cc1C.